The molecule has 1 aromatic rings. The molecule has 0 N–H and O–H groups in total. The Morgan fingerprint density at radius 2 is 1.83 bits per heavy atom. The fourth-order valence-electron chi connectivity index (χ4n) is 1.77. The lowest BCUT2D eigenvalue weighted by molar-refractivity contribution is 0.0578. The number of hydrogen-bond acceptors (Lipinski definition) is 3. The zero-order valence-corrected chi connectivity index (χ0v) is 11.6. The molecule has 3 nitrogen and oxygen atoms in total. The Balaban J connectivity index is 2.74. The van der Waals surface area contributed by atoms with Gasteiger partial charge in [-0.25, -0.2) is 0 Å². The first-order valence-electron chi connectivity index (χ1n) is 6.42. The van der Waals surface area contributed by atoms with Crippen LogP contribution < -0.4 is 4.74 Å². The van der Waals surface area contributed by atoms with Crippen LogP contribution in [0.2, 0.25) is 0 Å². The van der Waals surface area contributed by atoms with Crippen LogP contribution in [0.4, 0.5) is 0 Å². The first kappa shape index (κ1) is 14.7. The molecule has 1 atom stereocenters. The van der Waals surface area contributed by atoms with Crippen LogP contribution in [0.5, 0.6) is 5.75 Å². The van der Waals surface area contributed by atoms with E-state index >= 15 is 0 Å². The molecule has 0 spiro atoms. The minimum absolute atomic E-state index is 0.0375. The van der Waals surface area contributed by atoms with Crippen molar-refractivity contribution in [2.24, 2.45) is 0 Å². The summed E-state index contributed by atoms with van der Waals surface area (Å²) in [4.78, 5) is 12.1. The van der Waals surface area contributed by atoms with Gasteiger partial charge in [0.1, 0.15) is 11.9 Å². The predicted molar refractivity (Wildman–Crippen MR) is 72.2 cm³/mol. The van der Waals surface area contributed by atoms with Crippen molar-refractivity contribution < 1.29 is 14.3 Å². The smallest absolute Gasteiger partial charge is 0.191 e. The Morgan fingerprint density at radius 1 is 1.22 bits per heavy atom. The standard InChI is InChI=1S/C15H22O3/c1-5-6-14(17-4)15(16)12-7-9-13(10-8-12)18-11(2)3/h7-11,14H,5-6H2,1-4H3. The van der Waals surface area contributed by atoms with Crippen LogP contribution in [0.1, 0.15) is 44.0 Å². The summed E-state index contributed by atoms with van der Waals surface area (Å²) in [6, 6.07) is 7.24. The van der Waals surface area contributed by atoms with E-state index in [-0.39, 0.29) is 18.0 Å². The van der Waals surface area contributed by atoms with Crippen LogP contribution in [0.15, 0.2) is 24.3 Å². The Labute approximate surface area is 109 Å². The van der Waals surface area contributed by atoms with E-state index in [1.807, 2.05) is 32.9 Å². The van der Waals surface area contributed by atoms with Crippen LogP contribution in [0.3, 0.4) is 0 Å². The van der Waals surface area contributed by atoms with Gasteiger partial charge in [0.2, 0.25) is 0 Å². The molecule has 0 fully saturated rings. The van der Waals surface area contributed by atoms with Crippen molar-refractivity contribution in [3.05, 3.63) is 29.8 Å². The predicted octanol–water partition coefficient (Wildman–Crippen LogP) is 3.47. The lowest BCUT2D eigenvalue weighted by Crippen LogP contribution is -2.22. The molecule has 1 rings (SSSR count). The molecule has 0 amide bonds. The molecule has 18 heavy (non-hydrogen) atoms. The third-order valence-electron chi connectivity index (χ3n) is 2.64. The number of methoxy groups -OCH3 is 1. The average molecular weight is 250 g/mol. The molecular formula is C15H22O3. The molecule has 1 unspecified atom stereocenters. The van der Waals surface area contributed by atoms with Crippen molar-refractivity contribution in [2.45, 2.75) is 45.8 Å². The van der Waals surface area contributed by atoms with E-state index in [1.165, 1.54) is 0 Å². The minimum Gasteiger partial charge on any atom is -0.491 e. The van der Waals surface area contributed by atoms with Crippen LogP contribution in [-0.2, 0) is 4.74 Å². The first-order valence-corrected chi connectivity index (χ1v) is 6.42. The summed E-state index contributed by atoms with van der Waals surface area (Å²) in [6.45, 7) is 5.99. The quantitative estimate of drug-likeness (QED) is 0.695. The van der Waals surface area contributed by atoms with Crippen LogP contribution in [0, 0.1) is 0 Å². The van der Waals surface area contributed by atoms with Crippen molar-refractivity contribution in [2.75, 3.05) is 7.11 Å². The van der Waals surface area contributed by atoms with Gasteiger partial charge in [0.15, 0.2) is 5.78 Å². The number of carbonyl (C=O) groups is 1. The highest BCUT2D eigenvalue weighted by Crippen LogP contribution is 2.16. The van der Waals surface area contributed by atoms with Gasteiger partial charge < -0.3 is 9.47 Å². The summed E-state index contributed by atoms with van der Waals surface area (Å²) >= 11 is 0. The first-order chi connectivity index (χ1) is 8.58. The van der Waals surface area contributed by atoms with Crippen molar-refractivity contribution in [1.29, 1.82) is 0 Å². The Morgan fingerprint density at radius 3 is 2.28 bits per heavy atom. The van der Waals surface area contributed by atoms with E-state index in [4.69, 9.17) is 9.47 Å². The normalized spacial score (nSPS) is 12.5. The number of Topliss-reactive ketones (excluding diaryl/α,β-unsaturated/α-hetero) is 1. The van der Waals surface area contributed by atoms with Gasteiger partial charge in [0.25, 0.3) is 0 Å². The van der Waals surface area contributed by atoms with E-state index in [2.05, 4.69) is 0 Å². The van der Waals surface area contributed by atoms with Crippen molar-refractivity contribution in [3.8, 4) is 5.75 Å². The molecule has 0 aliphatic rings. The summed E-state index contributed by atoms with van der Waals surface area (Å²) in [5.41, 5.74) is 0.673. The van der Waals surface area contributed by atoms with E-state index in [0.29, 0.717) is 5.56 Å². The molecule has 1 aromatic carbocycles. The molecule has 0 saturated carbocycles. The fraction of sp³-hybridized carbons (Fsp3) is 0.533. The maximum absolute atomic E-state index is 12.1. The van der Waals surface area contributed by atoms with Gasteiger partial charge in [-0.15, -0.1) is 0 Å². The zero-order chi connectivity index (χ0) is 13.5. The maximum Gasteiger partial charge on any atom is 0.191 e. The largest absolute Gasteiger partial charge is 0.491 e. The van der Waals surface area contributed by atoms with Gasteiger partial charge in [-0.2, -0.15) is 0 Å². The van der Waals surface area contributed by atoms with Crippen LogP contribution >= 0.6 is 0 Å². The zero-order valence-electron chi connectivity index (χ0n) is 11.6. The van der Waals surface area contributed by atoms with Gasteiger partial charge >= 0.3 is 0 Å². The third-order valence-corrected chi connectivity index (χ3v) is 2.64. The fourth-order valence-corrected chi connectivity index (χ4v) is 1.77. The monoisotopic (exact) mass is 250 g/mol. The van der Waals surface area contributed by atoms with E-state index in [1.54, 1.807) is 19.2 Å². The van der Waals surface area contributed by atoms with Crippen molar-refractivity contribution in [1.82, 2.24) is 0 Å². The summed E-state index contributed by atoms with van der Waals surface area (Å²) in [6.07, 6.45) is 1.48. The van der Waals surface area contributed by atoms with E-state index < -0.39 is 0 Å². The second-order valence-corrected chi connectivity index (χ2v) is 4.57. The van der Waals surface area contributed by atoms with Crippen LogP contribution in [0.25, 0.3) is 0 Å². The van der Waals surface area contributed by atoms with Crippen LogP contribution in [-0.4, -0.2) is 25.1 Å². The lowest BCUT2D eigenvalue weighted by Gasteiger charge is -2.14. The summed E-state index contributed by atoms with van der Waals surface area (Å²) in [7, 11) is 1.58. The molecule has 0 aromatic heterocycles. The number of carbonyl (C=O) groups excluding carboxylic acids is 1. The van der Waals surface area contributed by atoms with Crippen molar-refractivity contribution in [3.63, 3.8) is 0 Å². The minimum atomic E-state index is -0.341. The Hall–Kier alpha value is -1.35. The molecular weight excluding hydrogens is 228 g/mol. The third kappa shape index (κ3) is 4.15. The van der Waals surface area contributed by atoms with Gasteiger partial charge in [0, 0.05) is 12.7 Å². The Bertz CT molecular complexity index is 368. The molecule has 0 heterocycles. The average Bonchev–Trinajstić information content (AvgIpc) is 2.35. The van der Waals surface area contributed by atoms with Gasteiger partial charge in [-0.3, -0.25) is 4.79 Å². The Kier molecular flexibility index (Phi) is 5.86. The lowest BCUT2D eigenvalue weighted by atomic mass is 10.0. The van der Waals surface area contributed by atoms with Crippen molar-refractivity contribution >= 4 is 5.78 Å². The van der Waals surface area contributed by atoms with E-state index in [0.717, 1.165) is 18.6 Å². The number of hydrogen-bond donors (Lipinski definition) is 0. The number of ketones is 1. The second kappa shape index (κ2) is 7.17. The molecule has 0 radical (unpaired) electrons. The summed E-state index contributed by atoms with van der Waals surface area (Å²) < 4.78 is 10.8. The number of ether oxygens (including phenoxy) is 2. The van der Waals surface area contributed by atoms with Gasteiger partial charge in [-0.1, -0.05) is 13.3 Å². The number of benzene rings is 1. The molecule has 0 saturated heterocycles. The topological polar surface area (TPSA) is 35.5 Å². The molecule has 0 aliphatic heterocycles. The van der Waals surface area contributed by atoms with E-state index in [9.17, 15) is 4.79 Å². The second-order valence-electron chi connectivity index (χ2n) is 4.57. The summed E-state index contributed by atoms with van der Waals surface area (Å²) in [5.74, 6) is 0.821. The highest BCUT2D eigenvalue weighted by atomic mass is 16.5. The van der Waals surface area contributed by atoms with Gasteiger partial charge in [0.05, 0.1) is 6.10 Å². The highest BCUT2D eigenvalue weighted by Gasteiger charge is 2.18. The number of rotatable bonds is 7. The SMILES string of the molecule is CCCC(OC)C(=O)c1ccc(OC(C)C)cc1. The molecule has 0 bridgehead atoms. The highest BCUT2D eigenvalue weighted by molar-refractivity contribution is 5.99. The van der Waals surface area contributed by atoms with Gasteiger partial charge in [-0.05, 0) is 44.5 Å². The molecule has 3 heteroatoms. The molecule has 0 aliphatic carbocycles. The summed E-state index contributed by atoms with van der Waals surface area (Å²) in [5, 5.41) is 0. The maximum atomic E-state index is 12.1. The molecule has 100 valence electrons.